The molecule has 0 spiro atoms. The van der Waals surface area contributed by atoms with Crippen LogP contribution in [0, 0.1) is 5.92 Å². The number of carbonyl (C=O) groups is 2. The third-order valence-corrected chi connectivity index (χ3v) is 7.64. The fourth-order valence-electron chi connectivity index (χ4n) is 1.78. The standard InChI is InChI=1S/C14H15Br3O4/c1-20-13(18)9(14(19)21-2)11(16)12(17)10(15)8-6-4-3-5-7-8/h3-7,9-12H,1-2H3/t10-,11+,12+/m1/s1. The van der Waals surface area contributed by atoms with Crippen LogP contribution < -0.4 is 0 Å². The third-order valence-electron chi connectivity index (χ3n) is 2.93. The molecule has 1 aromatic rings. The van der Waals surface area contributed by atoms with Crippen LogP contribution >= 0.6 is 47.8 Å². The number of methoxy groups -OCH3 is 2. The minimum absolute atomic E-state index is 0.0973. The van der Waals surface area contributed by atoms with Crippen molar-refractivity contribution in [1.82, 2.24) is 0 Å². The predicted molar refractivity (Wildman–Crippen MR) is 91.1 cm³/mol. The molecule has 0 heterocycles. The zero-order chi connectivity index (χ0) is 16.0. The van der Waals surface area contributed by atoms with Gasteiger partial charge in [-0.15, -0.1) is 0 Å². The predicted octanol–water partition coefficient (Wildman–Crippen LogP) is 3.61. The van der Waals surface area contributed by atoms with E-state index in [9.17, 15) is 9.59 Å². The van der Waals surface area contributed by atoms with Crippen LogP contribution in [0.4, 0.5) is 0 Å². The van der Waals surface area contributed by atoms with Crippen LogP contribution in [0.3, 0.4) is 0 Å². The van der Waals surface area contributed by atoms with Crippen LogP contribution in [0.2, 0.25) is 0 Å². The molecule has 0 bridgehead atoms. The molecule has 0 aliphatic rings. The Kier molecular flexibility index (Phi) is 7.90. The first-order chi connectivity index (χ1) is 9.93. The number of hydrogen-bond acceptors (Lipinski definition) is 4. The maximum Gasteiger partial charge on any atom is 0.321 e. The van der Waals surface area contributed by atoms with Crippen molar-refractivity contribution in [3.05, 3.63) is 35.9 Å². The van der Waals surface area contributed by atoms with Crippen molar-refractivity contribution in [2.24, 2.45) is 5.92 Å². The molecule has 1 rings (SSSR count). The number of rotatable bonds is 6. The molecule has 116 valence electrons. The molecule has 0 fully saturated rings. The summed E-state index contributed by atoms with van der Waals surface area (Å²) in [5, 5.41) is 0. The smallest absolute Gasteiger partial charge is 0.321 e. The second kappa shape index (κ2) is 8.90. The van der Waals surface area contributed by atoms with Crippen molar-refractivity contribution in [3.8, 4) is 0 Å². The second-order valence-electron chi connectivity index (χ2n) is 4.23. The molecule has 0 saturated heterocycles. The zero-order valence-corrected chi connectivity index (χ0v) is 16.2. The number of halogens is 3. The second-order valence-corrected chi connectivity index (χ2v) is 7.33. The van der Waals surface area contributed by atoms with E-state index in [1.54, 1.807) is 0 Å². The Morgan fingerprint density at radius 2 is 1.38 bits per heavy atom. The molecule has 0 aromatic heterocycles. The Hall–Kier alpha value is -0.400. The molecule has 0 unspecified atom stereocenters. The van der Waals surface area contributed by atoms with Gasteiger partial charge >= 0.3 is 11.9 Å². The monoisotopic (exact) mass is 484 g/mol. The highest BCUT2D eigenvalue weighted by molar-refractivity contribution is 9.13. The van der Waals surface area contributed by atoms with Gasteiger partial charge in [-0.25, -0.2) is 0 Å². The molecule has 1 aromatic carbocycles. The van der Waals surface area contributed by atoms with Crippen LogP contribution in [0.1, 0.15) is 10.4 Å². The van der Waals surface area contributed by atoms with E-state index in [2.05, 4.69) is 57.3 Å². The first-order valence-electron chi connectivity index (χ1n) is 6.06. The van der Waals surface area contributed by atoms with Gasteiger partial charge in [-0.3, -0.25) is 9.59 Å². The fourth-order valence-corrected chi connectivity index (χ4v) is 4.17. The summed E-state index contributed by atoms with van der Waals surface area (Å²) in [5.41, 5.74) is 1.03. The number of carbonyl (C=O) groups excluding carboxylic acids is 2. The number of benzene rings is 1. The molecule has 0 N–H and O–H groups in total. The Morgan fingerprint density at radius 1 is 0.905 bits per heavy atom. The van der Waals surface area contributed by atoms with Crippen molar-refractivity contribution >= 4 is 59.7 Å². The molecular formula is C14H15Br3O4. The van der Waals surface area contributed by atoms with Gasteiger partial charge in [0, 0.05) is 4.83 Å². The highest BCUT2D eigenvalue weighted by Gasteiger charge is 2.41. The van der Waals surface area contributed by atoms with E-state index in [0.29, 0.717) is 0 Å². The van der Waals surface area contributed by atoms with E-state index < -0.39 is 22.7 Å². The molecule has 0 radical (unpaired) electrons. The lowest BCUT2D eigenvalue weighted by molar-refractivity contribution is -0.158. The van der Waals surface area contributed by atoms with E-state index in [0.717, 1.165) is 5.56 Å². The molecule has 0 aliphatic carbocycles. The Bertz CT molecular complexity index is 464. The number of esters is 2. The normalized spacial score (nSPS) is 15.1. The fraction of sp³-hybridized carbons (Fsp3) is 0.429. The lowest BCUT2D eigenvalue weighted by atomic mass is 9.99. The van der Waals surface area contributed by atoms with Gasteiger partial charge in [0.05, 0.1) is 23.9 Å². The molecule has 4 nitrogen and oxygen atoms in total. The van der Waals surface area contributed by atoms with Crippen LogP contribution in [-0.2, 0) is 19.1 Å². The van der Waals surface area contributed by atoms with Crippen LogP contribution in [0.25, 0.3) is 0 Å². The van der Waals surface area contributed by atoms with Crippen LogP contribution in [0.15, 0.2) is 30.3 Å². The minimum Gasteiger partial charge on any atom is -0.468 e. The summed E-state index contributed by atoms with van der Waals surface area (Å²) in [7, 11) is 2.48. The van der Waals surface area contributed by atoms with Crippen molar-refractivity contribution in [1.29, 1.82) is 0 Å². The number of hydrogen-bond donors (Lipinski definition) is 0. The van der Waals surface area contributed by atoms with Gasteiger partial charge in [0.2, 0.25) is 0 Å². The maximum absolute atomic E-state index is 11.8. The Labute approximate surface area is 149 Å². The van der Waals surface area contributed by atoms with Gasteiger partial charge in [-0.1, -0.05) is 78.1 Å². The summed E-state index contributed by atoms with van der Waals surface area (Å²) in [4.78, 5) is 22.8. The summed E-state index contributed by atoms with van der Waals surface area (Å²) >= 11 is 10.5. The largest absolute Gasteiger partial charge is 0.468 e. The lowest BCUT2D eigenvalue weighted by Crippen LogP contribution is -2.39. The van der Waals surface area contributed by atoms with Crippen molar-refractivity contribution in [2.75, 3.05) is 14.2 Å². The summed E-state index contributed by atoms with van der Waals surface area (Å²) in [6, 6.07) is 9.68. The molecule has 21 heavy (non-hydrogen) atoms. The topological polar surface area (TPSA) is 52.6 Å². The highest BCUT2D eigenvalue weighted by atomic mass is 79.9. The quantitative estimate of drug-likeness (QED) is 0.350. The van der Waals surface area contributed by atoms with Gasteiger partial charge in [-0.05, 0) is 5.56 Å². The van der Waals surface area contributed by atoms with Gasteiger partial charge < -0.3 is 9.47 Å². The molecular weight excluding hydrogens is 472 g/mol. The summed E-state index contributed by atoms with van der Waals surface area (Å²) in [6.45, 7) is 0. The van der Waals surface area contributed by atoms with E-state index >= 15 is 0 Å². The SMILES string of the molecule is COC(=O)C(C(=O)OC)[C@H](Br)[C@@H](Br)[C@H](Br)c1ccccc1. The highest BCUT2D eigenvalue weighted by Crippen LogP contribution is 2.38. The average Bonchev–Trinajstić information content (AvgIpc) is 2.53. The molecule has 0 aliphatic heterocycles. The van der Waals surface area contributed by atoms with E-state index in [-0.39, 0.29) is 9.65 Å². The maximum atomic E-state index is 11.8. The van der Waals surface area contributed by atoms with Gasteiger partial charge in [0.15, 0.2) is 5.92 Å². The number of alkyl halides is 3. The number of ether oxygens (including phenoxy) is 2. The Morgan fingerprint density at radius 3 is 1.81 bits per heavy atom. The van der Waals surface area contributed by atoms with Crippen molar-refractivity contribution < 1.29 is 19.1 Å². The van der Waals surface area contributed by atoms with E-state index in [4.69, 9.17) is 0 Å². The third kappa shape index (κ3) is 4.79. The van der Waals surface area contributed by atoms with Crippen molar-refractivity contribution in [3.63, 3.8) is 0 Å². The van der Waals surface area contributed by atoms with E-state index in [1.807, 2.05) is 30.3 Å². The zero-order valence-electron chi connectivity index (χ0n) is 11.5. The summed E-state index contributed by atoms with van der Waals surface area (Å²) < 4.78 is 9.37. The first kappa shape index (κ1) is 18.6. The van der Waals surface area contributed by atoms with Gasteiger partial charge in [0.25, 0.3) is 0 Å². The average molecular weight is 487 g/mol. The first-order valence-corrected chi connectivity index (χ1v) is 8.81. The molecule has 3 atom stereocenters. The molecule has 7 heteroatoms. The minimum atomic E-state index is -1.05. The lowest BCUT2D eigenvalue weighted by Gasteiger charge is -2.26. The van der Waals surface area contributed by atoms with Crippen molar-refractivity contribution in [2.45, 2.75) is 14.5 Å². The Balaban J connectivity index is 2.95. The molecule has 0 amide bonds. The molecule has 0 saturated carbocycles. The van der Waals surface area contributed by atoms with Gasteiger partial charge in [-0.2, -0.15) is 0 Å². The van der Waals surface area contributed by atoms with Gasteiger partial charge in [0.1, 0.15) is 0 Å². The van der Waals surface area contributed by atoms with E-state index in [1.165, 1.54) is 14.2 Å². The van der Waals surface area contributed by atoms with Crippen LogP contribution in [-0.4, -0.2) is 35.8 Å². The summed E-state index contributed by atoms with van der Waals surface area (Å²) in [5.74, 6) is -2.32. The van der Waals surface area contributed by atoms with Crippen LogP contribution in [0.5, 0.6) is 0 Å². The summed E-state index contributed by atoms with van der Waals surface area (Å²) in [6.07, 6.45) is 0.